The second-order valence-electron chi connectivity index (χ2n) is 4.04. The fourth-order valence-corrected chi connectivity index (χ4v) is 1.78. The van der Waals surface area contributed by atoms with E-state index in [4.69, 9.17) is 28.3 Å². The summed E-state index contributed by atoms with van der Waals surface area (Å²) in [5, 5.41) is 11.9. The van der Waals surface area contributed by atoms with Gasteiger partial charge in [0.05, 0.1) is 10.6 Å². The quantitative estimate of drug-likeness (QED) is 0.876. The molecule has 1 atom stereocenters. The third-order valence-corrected chi connectivity index (χ3v) is 2.87. The predicted molar refractivity (Wildman–Crippen MR) is 70.2 cm³/mol. The first-order chi connectivity index (χ1) is 8.40. The van der Waals surface area contributed by atoms with Crippen LogP contribution in [0.25, 0.3) is 0 Å². The molecule has 98 valence electrons. The van der Waals surface area contributed by atoms with Gasteiger partial charge in [-0.05, 0) is 24.1 Å². The maximum Gasteiger partial charge on any atom is 0.303 e. The number of carboxylic acid groups (broad SMARTS) is 1. The highest BCUT2D eigenvalue weighted by molar-refractivity contribution is 6.35. The highest BCUT2D eigenvalue weighted by Crippen LogP contribution is 2.20. The summed E-state index contributed by atoms with van der Waals surface area (Å²) in [6.07, 6.45) is 0.00353. The number of amides is 1. The van der Waals surface area contributed by atoms with Crippen LogP contribution in [0.1, 0.15) is 23.7 Å². The first-order valence-corrected chi connectivity index (χ1v) is 6.10. The zero-order chi connectivity index (χ0) is 13.7. The zero-order valence-corrected chi connectivity index (χ0v) is 11.3. The van der Waals surface area contributed by atoms with Crippen LogP contribution in [0.3, 0.4) is 0 Å². The molecule has 0 aliphatic carbocycles. The Kier molecular flexibility index (Phi) is 5.44. The molecule has 0 saturated carbocycles. The van der Waals surface area contributed by atoms with Gasteiger partial charge < -0.3 is 10.4 Å². The van der Waals surface area contributed by atoms with Crippen LogP contribution in [0.2, 0.25) is 10.0 Å². The number of carboxylic acids is 1. The van der Waals surface area contributed by atoms with Crippen molar-refractivity contribution in [3.63, 3.8) is 0 Å². The first kappa shape index (κ1) is 14.8. The predicted octanol–water partition coefficient (Wildman–Crippen LogP) is 2.83. The van der Waals surface area contributed by atoms with Crippen molar-refractivity contribution in [1.29, 1.82) is 0 Å². The van der Waals surface area contributed by atoms with E-state index in [2.05, 4.69) is 5.32 Å². The lowest BCUT2D eigenvalue weighted by molar-refractivity contribution is -0.137. The molecule has 0 spiro atoms. The number of carbonyl (C=O) groups excluding carboxylic acids is 1. The molecule has 1 aromatic carbocycles. The van der Waals surface area contributed by atoms with Crippen LogP contribution in [0.15, 0.2) is 18.2 Å². The Morgan fingerprint density at radius 1 is 1.39 bits per heavy atom. The summed E-state index contributed by atoms with van der Waals surface area (Å²) in [7, 11) is 0. The van der Waals surface area contributed by atoms with Gasteiger partial charge in [0.1, 0.15) is 0 Å². The first-order valence-electron chi connectivity index (χ1n) is 5.35. The fraction of sp³-hybridized carbons (Fsp3) is 0.333. The molecule has 0 heterocycles. The van der Waals surface area contributed by atoms with E-state index in [-0.39, 0.29) is 30.4 Å². The largest absolute Gasteiger partial charge is 0.481 e. The highest BCUT2D eigenvalue weighted by Gasteiger charge is 2.13. The molecule has 0 radical (unpaired) electrons. The van der Waals surface area contributed by atoms with Crippen molar-refractivity contribution in [3.8, 4) is 0 Å². The lowest BCUT2D eigenvalue weighted by Gasteiger charge is -2.11. The molecule has 4 nitrogen and oxygen atoms in total. The number of aliphatic carboxylic acids is 1. The van der Waals surface area contributed by atoms with E-state index in [0.717, 1.165) is 0 Å². The van der Waals surface area contributed by atoms with Crippen LogP contribution in [0.5, 0.6) is 0 Å². The van der Waals surface area contributed by atoms with Gasteiger partial charge in [-0.15, -0.1) is 0 Å². The van der Waals surface area contributed by atoms with Gasteiger partial charge in [0.2, 0.25) is 0 Å². The minimum Gasteiger partial charge on any atom is -0.481 e. The summed E-state index contributed by atoms with van der Waals surface area (Å²) >= 11 is 11.7. The second-order valence-corrected chi connectivity index (χ2v) is 4.88. The summed E-state index contributed by atoms with van der Waals surface area (Å²) in [5.41, 5.74) is 0.284. The van der Waals surface area contributed by atoms with E-state index >= 15 is 0 Å². The molecule has 1 amide bonds. The molecular formula is C12H13Cl2NO3. The smallest absolute Gasteiger partial charge is 0.303 e. The number of nitrogens with one attached hydrogen (secondary N) is 1. The summed E-state index contributed by atoms with van der Waals surface area (Å²) in [6, 6.07) is 4.61. The molecule has 0 fully saturated rings. The lowest BCUT2D eigenvalue weighted by Crippen LogP contribution is -2.29. The van der Waals surface area contributed by atoms with Crippen LogP contribution in [0.4, 0.5) is 0 Å². The molecule has 1 aromatic rings. The molecule has 0 bridgehead atoms. The van der Waals surface area contributed by atoms with Crippen molar-refractivity contribution in [2.45, 2.75) is 13.3 Å². The van der Waals surface area contributed by atoms with Crippen LogP contribution < -0.4 is 5.32 Å². The van der Waals surface area contributed by atoms with Crippen molar-refractivity contribution in [3.05, 3.63) is 33.8 Å². The average molecular weight is 290 g/mol. The van der Waals surface area contributed by atoms with Gasteiger partial charge in [-0.2, -0.15) is 0 Å². The van der Waals surface area contributed by atoms with Crippen molar-refractivity contribution < 1.29 is 14.7 Å². The zero-order valence-electron chi connectivity index (χ0n) is 9.74. The molecule has 18 heavy (non-hydrogen) atoms. The minimum absolute atomic E-state index is 0.00353. The SMILES string of the molecule is CC(CNC(=O)c1cc(Cl)ccc1Cl)CC(=O)O. The molecule has 0 aliphatic heterocycles. The molecule has 2 N–H and O–H groups in total. The van der Waals surface area contributed by atoms with Crippen LogP contribution in [0, 0.1) is 5.92 Å². The summed E-state index contributed by atoms with van der Waals surface area (Å²) in [6.45, 7) is 2.02. The second kappa shape index (κ2) is 6.61. The van der Waals surface area contributed by atoms with Gasteiger partial charge in [0, 0.05) is 18.0 Å². The summed E-state index contributed by atoms with van der Waals surface area (Å²) in [4.78, 5) is 22.3. The highest BCUT2D eigenvalue weighted by atomic mass is 35.5. The Morgan fingerprint density at radius 3 is 2.67 bits per heavy atom. The van der Waals surface area contributed by atoms with E-state index in [1.54, 1.807) is 19.1 Å². The third kappa shape index (κ3) is 4.55. The monoisotopic (exact) mass is 289 g/mol. The molecule has 0 aliphatic rings. The van der Waals surface area contributed by atoms with Crippen molar-refractivity contribution >= 4 is 35.1 Å². The molecule has 6 heteroatoms. The number of rotatable bonds is 5. The Bertz CT molecular complexity index is 463. The number of benzene rings is 1. The standard InChI is InChI=1S/C12H13Cl2NO3/c1-7(4-11(16)17)6-15-12(18)9-5-8(13)2-3-10(9)14/h2-3,5,7H,4,6H2,1H3,(H,15,18)(H,16,17). The molecule has 0 saturated heterocycles. The number of halogens is 2. The van der Waals surface area contributed by atoms with Gasteiger partial charge >= 0.3 is 5.97 Å². The van der Waals surface area contributed by atoms with Crippen molar-refractivity contribution in [2.75, 3.05) is 6.54 Å². The Balaban J connectivity index is 2.60. The topological polar surface area (TPSA) is 66.4 Å². The average Bonchev–Trinajstić information content (AvgIpc) is 2.28. The minimum atomic E-state index is -0.891. The van der Waals surface area contributed by atoms with E-state index in [0.29, 0.717) is 10.0 Å². The van der Waals surface area contributed by atoms with Gasteiger partial charge in [-0.1, -0.05) is 30.1 Å². The maximum atomic E-state index is 11.8. The van der Waals surface area contributed by atoms with E-state index in [9.17, 15) is 9.59 Å². The van der Waals surface area contributed by atoms with Gasteiger partial charge in [0.25, 0.3) is 5.91 Å². The molecular weight excluding hydrogens is 277 g/mol. The van der Waals surface area contributed by atoms with Crippen LogP contribution in [-0.4, -0.2) is 23.5 Å². The van der Waals surface area contributed by atoms with Crippen LogP contribution >= 0.6 is 23.2 Å². The lowest BCUT2D eigenvalue weighted by atomic mass is 10.1. The van der Waals surface area contributed by atoms with E-state index in [1.807, 2.05) is 0 Å². The van der Waals surface area contributed by atoms with Crippen molar-refractivity contribution in [1.82, 2.24) is 5.32 Å². The number of carbonyl (C=O) groups is 2. The van der Waals surface area contributed by atoms with Gasteiger partial charge in [-0.3, -0.25) is 9.59 Å². The maximum absolute atomic E-state index is 11.8. The number of hydrogen-bond acceptors (Lipinski definition) is 2. The summed E-state index contributed by atoms with van der Waals surface area (Å²) in [5.74, 6) is -1.40. The van der Waals surface area contributed by atoms with Crippen LogP contribution in [-0.2, 0) is 4.79 Å². The van der Waals surface area contributed by atoms with Gasteiger partial charge in [-0.25, -0.2) is 0 Å². The Hall–Kier alpha value is -1.26. The van der Waals surface area contributed by atoms with E-state index in [1.165, 1.54) is 6.07 Å². The fourth-order valence-electron chi connectivity index (χ4n) is 1.40. The normalized spacial score (nSPS) is 11.9. The molecule has 1 unspecified atom stereocenters. The van der Waals surface area contributed by atoms with Crippen molar-refractivity contribution in [2.24, 2.45) is 5.92 Å². The molecule has 1 rings (SSSR count). The van der Waals surface area contributed by atoms with Gasteiger partial charge in [0.15, 0.2) is 0 Å². The Labute approximate surface area is 115 Å². The third-order valence-electron chi connectivity index (χ3n) is 2.31. The number of hydrogen-bond donors (Lipinski definition) is 2. The Morgan fingerprint density at radius 2 is 2.06 bits per heavy atom. The molecule has 0 aromatic heterocycles. The van der Waals surface area contributed by atoms with E-state index < -0.39 is 5.97 Å². The summed E-state index contributed by atoms with van der Waals surface area (Å²) < 4.78 is 0.